The lowest BCUT2D eigenvalue weighted by atomic mass is 10.1. The highest BCUT2D eigenvalue weighted by Crippen LogP contribution is 2.34. The summed E-state index contributed by atoms with van der Waals surface area (Å²) in [6, 6.07) is 9.19. The molecule has 3 rings (SSSR count). The number of ether oxygens (including phenoxy) is 4. The number of aliphatic hydroxyl groups excluding tert-OH is 1. The van der Waals surface area contributed by atoms with Gasteiger partial charge in [0.05, 0.1) is 40.6 Å². The predicted octanol–water partition coefficient (Wildman–Crippen LogP) is 3.24. The maximum atomic E-state index is 9.21. The van der Waals surface area contributed by atoms with Gasteiger partial charge in [0.25, 0.3) is 0 Å². The van der Waals surface area contributed by atoms with Gasteiger partial charge in [-0.15, -0.1) is 0 Å². The molecule has 1 heterocycles. The van der Waals surface area contributed by atoms with Crippen molar-refractivity contribution < 1.29 is 24.1 Å². The first-order valence-electron chi connectivity index (χ1n) is 9.31. The first-order valence-corrected chi connectivity index (χ1v) is 9.31. The molecule has 1 aromatic heterocycles. The average molecular weight is 411 g/mol. The molecule has 30 heavy (non-hydrogen) atoms. The fourth-order valence-corrected chi connectivity index (χ4v) is 2.95. The first kappa shape index (κ1) is 21.2. The number of benzene rings is 2. The summed E-state index contributed by atoms with van der Waals surface area (Å²) in [4.78, 5) is 9.22. The van der Waals surface area contributed by atoms with Gasteiger partial charge in [0.1, 0.15) is 17.3 Å². The van der Waals surface area contributed by atoms with Gasteiger partial charge >= 0.3 is 0 Å². The largest absolute Gasteiger partial charge is 0.497 e. The Hall–Kier alpha value is -3.52. The van der Waals surface area contributed by atoms with E-state index in [1.54, 1.807) is 46.6 Å². The highest BCUT2D eigenvalue weighted by atomic mass is 16.5. The first-order chi connectivity index (χ1) is 14.6. The van der Waals surface area contributed by atoms with Crippen molar-refractivity contribution in [3.05, 3.63) is 41.7 Å². The van der Waals surface area contributed by atoms with Gasteiger partial charge < -0.3 is 29.4 Å². The van der Waals surface area contributed by atoms with E-state index in [4.69, 9.17) is 18.9 Å². The van der Waals surface area contributed by atoms with Gasteiger partial charge in [-0.1, -0.05) is 6.08 Å². The molecule has 0 amide bonds. The highest BCUT2D eigenvalue weighted by molar-refractivity contribution is 5.92. The number of hydrogen-bond acceptors (Lipinski definition) is 8. The summed E-state index contributed by atoms with van der Waals surface area (Å²) in [6.07, 6.45) is 3.68. The molecule has 0 atom stereocenters. The molecule has 3 aromatic rings. The SMILES string of the molecule is COc1cc(/C=C/c2nc(NCCO)c3cc(OC)c(OC)cc3n2)cc(OC)c1. The minimum Gasteiger partial charge on any atom is -0.497 e. The smallest absolute Gasteiger partial charge is 0.162 e. The van der Waals surface area contributed by atoms with Gasteiger partial charge in [-0.25, -0.2) is 9.97 Å². The van der Waals surface area contributed by atoms with Crippen molar-refractivity contribution in [3.63, 3.8) is 0 Å². The zero-order valence-electron chi connectivity index (χ0n) is 17.4. The zero-order valence-corrected chi connectivity index (χ0v) is 17.4. The Bertz CT molecular complexity index is 1030. The topological polar surface area (TPSA) is 95.0 Å². The Morgan fingerprint density at radius 1 is 0.833 bits per heavy atom. The van der Waals surface area contributed by atoms with Crippen molar-refractivity contribution in [2.24, 2.45) is 0 Å². The number of hydrogen-bond donors (Lipinski definition) is 2. The molecule has 0 unspecified atom stereocenters. The molecule has 0 saturated heterocycles. The number of nitrogens with one attached hydrogen (secondary N) is 1. The van der Waals surface area contributed by atoms with E-state index >= 15 is 0 Å². The van der Waals surface area contributed by atoms with Gasteiger partial charge in [-0.2, -0.15) is 0 Å². The second kappa shape index (κ2) is 9.80. The van der Waals surface area contributed by atoms with E-state index in [1.165, 1.54) is 0 Å². The minimum absolute atomic E-state index is 0.0203. The lowest BCUT2D eigenvalue weighted by Gasteiger charge is -2.12. The van der Waals surface area contributed by atoms with E-state index in [0.29, 0.717) is 46.7 Å². The molecule has 2 aromatic carbocycles. The van der Waals surface area contributed by atoms with Crippen LogP contribution in [0.15, 0.2) is 30.3 Å². The Morgan fingerprint density at radius 3 is 2.10 bits per heavy atom. The number of anilines is 1. The standard InChI is InChI=1S/C22H25N3O5/c1-27-15-9-14(10-16(11-15)28-2)5-6-21-24-18-13-20(30-4)19(29-3)12-17(18)22(25-21)23-7-8-26/h5-6,9-13,26H,7-8H2,1-4H3,(H,23,24,25)/b6-5+. The maximum Gasteiger partial charge on any atom is 0.162 e. The van der Waals surface area contributed by atoms with Crippen LogP contribution in [0.4, 0.5) is 5.82 Å². The lowest BCUT2D eigenvalue weighted by Crippen LogP contribution is -2.09. The maximum absolute atomic E-state index is 9.21. The molecule has 0 fully saturated rings. The Morgan fingerprint density at radius 2 is 1.50 bits per heavy atom. The summed E-state index contributed by atoms with van der Waals surface area (Å²) in [6.45, 7) is 0.338. The number of aromatic nitrogens is 2. The average Bonchev–Trinajstić information content (AvgIpc) is 2.79. The van der Waals surface area contributed by atoms with E-state index in [2.05, 4.69) is 15.3 Å². The second-order valence-electron chi connectivity index (χ2n) is 6.28. The molecule has 8 heteroatoms. The van der Waals surface area contributed by atoms with Crippen LogP contribution in [-0.2, 0) is 0 Å². The number of nitrogens with zero attached hydrogens (tertiary/aromatic N) is 2. The van der Waals surface area contributed by atoms with Crippen LogP contribution in [0.5, 0.6) is 23.0 Å². The van der Waals surface area contributed by atoms with Crippen molar-refractivity contribution in [1.29, 1.82) is 0 Å². The number of methoxy groups -OCH3 is 4. The molecule has 0 radical (unpaired) electrons. The Labute approximate surface area is 175 Å². The van der Waals surface area contributed by atoms with Crippen molar-refractivity contribution >= 4 is 28.9 Å². The van der Waals surface area contributed by atoms with Crippen molar-refractivity contribution in [3.8, 4) is 23.0 Å². The molecule has 158 valence electrons. The predicted molar refractivity (Wildman–Crippen MR) is 117 cm³/mol. The van der Waals surface area contributed by atoms with Gasteiger partial charge in [-0.05, 0) is 29.8 Å². The fourth-order valence-electron chi connectivity index (χ4n) is 2.95. The summed E-state index contributed by atoms with van der Waals surface area (Å²) in [7, 11) is 6.36. The normalized spacial score (nSPS) is 11.0. The van der Waals surface area contributed by atoms with Crippen LogP contribution in [0.1, 0.15) is 11.4 Å². The summed E-state index contributed by atoms with van der Waals surface area (Å²) < 4.78 is 21.4. The Balaban J connectivity index is 2.06. The third kappa shape index (κ3) is 4.72. The monoisotopic (exact) mass is 411 g/mol. The molecule has 0 spiro atoms. The summed E-state index contributed by atoms with van der Waals surface area (Å²) in [5.41, 5.74) is 1.57. The van der Waals surface area contributed by atoms with Gasteiger partial charge in [-0.3, -0.25) is 0 Å². The molecule has 2 N–H and O–H groups in total. The molecular formula is C22H25N3O5. The molecule has 0 aliphatic heterocycles. The number of aliphatic hydroxyl groups is 1. The summed E-state index contributed by atoms with van der Waals surface area (Å²) in [5, 5.41) is 13.1. The minimum atomic E-state index is -0.0203. The van der Waals surface area contributed by atoms with E-state index in [-0.39, 0.29) is 6.61 Å². The van der Waals surface area contributed by atoms with E-state index in [0.717, 1.165) is 10.9 Å². The number of fused-ring (bicyclic) bond motifs is 1. The molecule has 0 aliphatic rings. The van der Waals surface area contributed by atoms with Crippen LogP contribution >= 0.6 is 0 Å². The quantitative estimate of drug-likeness (QED) is 0.554. The third-order valence-corrected chi connectivity index (χ3v) is 4.42. The molecular weight excluding hydrogens is 386 g/mol. The van der Waals surface area contributed by atoms with E-state index in [1.807, 2.05) is 24.3 Å². The second-order valence-corrected chi connectivity index (χ2v) is 6.28. The Kier molecular flexibility index (Phi) is 6.92. The highest BCUT2D eigenvalue weighted by Gasteiger charge is 2.12. The third-order valence-electron chi connectivity index (χ3n) is 4.42. The fraction of sp³-hybridized carbons (Fsp3) is 0.273. The van der Waals surface area contributed by atoms with Crippen molar-refractivity contribution in [2.45, 2.75) is 0 Å². The van der Waals surface area contributed by atoms with Gasteiger partial charge in [0, 0.05) is 24.1 Å². The van der Waals surface area contributed by atoms with E-state index in [9.17, 15) is 5.11 Å². The zero-order chi connectivity index (χ0) is 21.5. The summed E-state index contributed by atoms with van der Waals surface area (Å²) in [5.74, 6) is 3.62. The molecule has 0 bridgehead atoms. The molecule has 8 nitrogen and oxygen atoms in total. The van der Waals surface area contributed by atoms with Crippen molar-refractivity contribution in [2.75, 3.05) is 46.9 Å². The molecule has 0 saturated carbocycles. The lowest BCUT2D eigenvalue weighted by molar-refractivity contribution is 0.311. The summed E-state index contributed by atoms with van der Waals surface area (Å²) >= 11 is 0. The van der Waals surface area contributed by atoms with E-state index < -0.39 is 0 Å². The van der Waals surface area contributed by atoms with Crippen LogP contribution in [0.25, 0.3) is 23.1 Å². The van der Waals surface area contributed by atoms with Crippen LogP contribution in [0, 0.1) is 0 Å². The van der Waals surface area contributed by atoms with Crippen LogP contribution in [0.3, 0.4) is 0 Å². The van der Waals surface area contributed by atoms with Gasteiger partial charge in [0.2, 0.25) is 0 Å². The van der Waals surface area contributed by atoms with Crippen molar-refractivity contribution in [1.82, 2.24) is 9.97 Å². The van der Waals surface area contributed by atoms with Crippen LogP contribution in [-0.4, -0.2) is 56.7 Å². The van der Waals surface area contributed by atoms with Gasteiger partial charge in [0.15, 0.2) is 17.3 Å². The van der Waals surface area contributed by atoms with Crippen LogP contribution in [0.2, 0.25) is 0 Å². The molecule has 0 aliphatic carbocycles. The number of rotatable bonds is 9. The van der Waals surface area contributed by atoms with Crippen LogP contribution < -0.4 is 24.3 Å².